The molecule has 94 valence electrons. The van der Waals surface area contributed by atoms with Crippen molar-refractivity contribution in [3.05, 3.63) is 31.9 Å². The number of aliphatic hydroxyl groups is 1. The van der Waals surface area contributed by atoms with Crippen LogP contribution in [-0.4, -0.2) is 22.2 Å². The van der Waals surface area contributed by atoms with Gasteiger partial charge < -0.3 is 10.4 Å². The van der Waals surface area contributed by atoms with Crippen LogP contribution in [0.25, 0.3) is 0 Å². The van der Waals surface area contributed by atoms with Crippen LogP contribution in [0.3, 0.4) is 0 Å². The molecule has 0 aliphatic rings. The summed E-state index contributed by atoms with van der Waals surface area (Å²) in [4.78, 5) is 10.3. The summed E-state index contributed by atoms with van der Waals surface area (Å²) < 4.78 is 0.595. The molecule has 0 atom stereocenters. The molecule has 0 aromatic heterocycles. The van der Waals surface area contributed by atoms with E-state index in [-0.39, 0.29) is 17.8 Å². The van der Waals surface area contributed by atoms with E-state index in [1.54, 1.807) is 12.1 Å². The summed E-state index contributed by atoms with van der Waals surface area (Å²) in [6.07, 6.45) is 0.612. The summed E-state index contributed by atoms with van der Waals surface area (Å²) in [6, 6.07) is 4.90. The summed E-state index contributed by atoms with van der Waals surface area (Å²) in [6.45, 7) is 4.04. The van der Waals surface area contributed by atoms with Crippen molar-refractivity contribution in [3.63, 3.8) is 0 Å². The van der Waals surface area contributed by atoms with E-state index >= 15 is 0 Å². The zero-order valence-corrected chi connectivity index (χ0v) is 11.9. The SMILES string of the molecule is CC(C)(CCO)Nc1ccc([N+](=O)[O-])c(I)c1. The molecule has 2 N–H and O–H groups in total. The number of nitrogens with zero attached hydrogens (tertiary/aromatic N) is 1. The van der Waals surface area contributed by atoms with E-state index in [1.165, 1.54) is 6.07 Å². The van der Waals surface area contributed by atoms with E-state index in [4.69, 9.17) is 5.11 Å². The normalized spacial score (nSPS) is 11.3. The third kappa shape index (κ3) is 4.12. The van der Waals surface area contributed by atoms with Crippen LogP contribution in [0.15, 0.2) is 18.2 Å². The monoisotopic (exact) mass is 350 g/mol. The van der Waals surface area contributed by atoms with Crippen molar-refractivity contribution < 1.29 is 10.0 Å². The standard InChI is InChI=1S/C11H15IN2O3/c1-11(2,5-6-15)13-8-3-4-10(14(16)17)9(12)7-8/h3-4,7,13,15H,5-6H2,1-2H3. The molecule has 1 aromatic carbocycles. The molecule has 0 aliphatic carbocycles. The Labute approximate surface area is 114 Å². The molecule has 17 heavy (non-hydrogen) atoms. The van der Waals surface area contributed by atoms with E-state index in [1.807, 2.05) is 36.4 Å². The van der Waals surface area contributed by atoms with Gasteiger partial charge in [-0.25, -0.2) is 0 Å². The van der Waals surface area contributed by atoms with Gasteiger partial charge >= 0.3 is 0 Å². The fourth-order valence-electron chi connectivity index (χ4n) is 1.47. The quantitative estimate of drug-likeness (QED) is 0.487. The number of aliphatic hydroxyl groups excluding tert-OH is 1. The lowest BCUT2D eigenvalue weighted by Gasteiger charge is -2.26. The number of hydrogen-bond donors (Lipinski definition) is 2. The Morgan fingerprint density at radius 1 is 1.53 bits per heavy atom. The number of nitro groups is 1. The van der Waals surface area contributed by atoms with Gasteiger partial charge in [-0.05, 0) is 55.0 Å². The number of benzene rings is 1. The Hall–Kier alpha value is -0.890. The van der Waals surface area contributed by atoms with Gasteiger partial charge in [-0.15, -0.1) is 0 Å². The maximum Gasteiger partial charge on any atom is 0.282 e. The van der Waals surface area contributed by atoms with E-state index in [0.717, 1.165) is 5.69 Å². The van der Waals surface area contributed by atoms with Crippen LogP contribution in [0.4, 0.5) is 11.4 Å². The Balaban J connectivity index is 2.88. The minimum atomic E-state index is -0.398. The van der Waals surface area contributed by atoms with Crippen LogP contribution in [-0.2, 0) is 0 Å². The number of hydrogen-bond acceptors (Lipinski definition) is 4. The zero-order chi connectivity index (χ0) is 13.1. The van der Waals surface area contributed by atoms with E-state index in [2.05, 4.69) is 5.32 Å². The summed E-state index contributed by atoms with van der Waals surface area (Å²) in [7, 11) is 0. The molecular weight excluding hydrogens is 335 g/mol. The Morgan fingerprint density at radius 2 is 2.18 bits per heavy atom. The predicted octanol–water partition coefficient (Wildman–Crippen LogP) is 2.77. The fraction of sp³-hybridized carbons (Fsp3) is 0.455. The number of nitro benzene ring substituents is 1. The first-order chi connectivity index (χ1) is 7.85. The number of anilines is 1. The Bertz CT molecular complexity index is 421. The van der Waals surface area contributed by atoms with Crippen molar-refractivity contribution in [1.29, 1.82) is 0 Å². The van der Waals surface area contributed by atoms with Crippen LogP contribution in [0.5, 0.6) is 0 Å². The molecule has 5 nitrogen and oxygen atoms in total. The first-order valence-electron chi connectivity index (χ1n) is 5.19. The maximum absolute atomic E-state index is 10.7. The highest BCUT2D eigenvalue weighted by molar-refractivity contribution is 14.1. The van der Waals surface area contributed by atoms with Crippen LogP contribution in [0, 0.1) is 13.7 Å². The number of halogens is 1. The van der Waals surface area contributed by atoms with Gasteiger partial charge in [-0.3, -0.25) is 10.1 Å². The smallest absolute Gasteiger partial charge is 0.282 e. The Kier molecular flexibility index (Phi) is 4.70. The molecule has 0 saturated heterocycles. The van der Waals surface area contributed by atoms with Crippen molar-refractivity contribution in [2.75, 3.05) is 11.9 Å². The van der Waals surface area contributed by atoms with Crippen LogP contribution >= 0.6 is 22.6 Å². The Morgan fingerprint density at radius 3 is 2.65 bits per heavy atom. The van der Waals surface area contributed by atoms with Crippen molar-refractivity contribution in [3.8, 4) is 0 Å². The van der Waals surface area contributed by atoms with Gasteiger partial charge in [0, 0.05) is 23.9 Å². The average Bonchev–Trinajstić information content (AvgIpc) is 2.15. The molecule has 0 bridgehead atoms. The highest BCUT2D eigenvalue weighted by atomic mass is 127. The molecule has 0 fully saturated rings. The van der Waals surface area contributed by atoms with Crippen molar-refractivity contribution in [2.24, 2.45) is 0 Å². The molecule has 1 rings (SSSR count). The van der Waals surface area contributed by atoms with Crippen LogP contribution in [0.2, 0.25) is 0 Å². The minimum absolute atomic E-state index is 0.101. The lowest BCUT2D eigenvalue weighted by atomic mass is 10.0. The van der Waals surface area contributed by atoms with E-state index in [9.17, 15) is 10.1 Å². The highest BCUT2D eigenvalue weighted by Gasteiger charge is 2.18. The summed E-state index contributed by atoms with van der Waals surface area (Å²) in [5.41, 5.74) is 0.683. The summed E-state index contributed by atoms with van der Waals surface area (Å²) in [5.74, 6) is 0. The number of rotatable bonds is 5. The van der Waals surface area contributed by atoms with Crippen molar-refractivity contribution in [2.45, 2.75) is 25.8 Å². The molecule has 0 amide bonds. The second kappa shape index (κ2) is 5.63. The molecule has 0 saturated carbocycles. The van der Waals surface area contributed by atoms with E-state index < -0.39 is 4.92 Å². The lowest BCUT2D eigenvalue weighted by Crippen LogP contribution is -2.31. The van der Waals surface area contributed by atoms with Gasteiger partial charge in [0.2, 0.25) is 0 Å². The highest BCUT2D eigenvalue weighted by Crippen LogP contribution is 2.26. The second-order valence-electron chi connectivity index (χ2n) is 4.41. The minimum Gasteiger partial charge on any atom is -0.396 e. The molecule has 0 aliphatic heterocycles. The van der Waals surface area contributed by atoms with Gasteiger partial charge in [0.1, 0.15) is 0 Å². The van der Waals surface area contributed by atoms with Gasteiger partial charge in [0.25, 0.3) is 5.69 Å². The predicted molar refractivity (Wildman–Crippen MR) is 75.2 cm³/mol. The van der Waals surface area contributed by atoms with Crippen LogP contribution < -0.4 is 5.32 Å². The lowest BCUT2D eigenvalue weighted by molar-refractivity contribution is -0.385. The molecule has 0 heterocycles. The first-order valence-corrected chi connectivity index (χ1v) is 6.26. The van der Waals surface area contributed by atoms with Gasteiger partial charge in [0.05, 0.1) is 8.49 Å². The zero-order valence-electron chi connectivity index (χ0n) is 9.74. The van der Waals surface area contributed by atoms with Crippen LogP contribution in [0.1, 0.15) is 20.3 Å². The molecule has 0 radical (unpaired) electrons. The average molecular weight is 350 g/mol. The van der Waals surface area contributed by atoms with Gasteiger partial charge in [-0.1, -0.05) is 0 Å². The molecule has 6 heteroatoms. The summed E-state index contributed by atoms with van der Waals surface area (Å²) in [5, 5.41) is 22.8. The molecule has 0 spiro atoms. The van der Waals surface area contributed by atoms with Gasteiger partial charge in [0.15, 0.2) is 0 Å². The topological polar surface area (TPSA) is 75.4 Å². The molecule has 1 aromatic rings. The third-order valence-electron chi connectivity index (χ3n) is 2.36. The fourth-order valence-corrected chi connectivity index (χ4v) is 2.18. The summed E-state index contributed by atoms with van der Waals surface area (Å²) >= 11 is 1.94. The second-order valence-corrected chi connectivity index (χ2v) is 5.57. The van der Waals surface area contributed by atoms with E-state index in [0.29, 0.717) is 9.99 Å². The largest absolute Gasteiger partial charge is 0.396 e. The third-order valence-corrected chi connectivity index (χ3v) is 3.23. The molecule has 0 unspecified atom stereocenters. The van der Waals surface area contributed by atoms with Crippen molar-refractivity contribution >= 4 is 34.0 Å². The van der Waals surface area contributed by atoms with Crippen molar-refractivity contribution in [1.82, 2.24) is 0 Å². The van der Waals surface area contributed by atoms with Gasteiger partial charge in [-0.2, -0.15) is 0 Å². The molecular formula is C11H15IN2O3. The first kappa shape index (κ1) is 14.2. The maximum atomic E-state index is 10.7. The number of nitrogens with one attached hydrogen (secondary N) is 1.